The van der Waals surface area contributed by atoms with Crippen molar-refractivity contribution >= 4 is 34.0 Å². The topological polar surface area (TPSA) is 81.7 Å². The molecule has 1 N–H and O–H groups in total. The van der Waals surface area contributed by atoms with Crippen molar-refractivity contribution in [2.24, 2.45) is 0 Å². The number of hydrogen-bond acceptors (Lipinski definition) is 6. The monoisotopic (exact) mass is 379 g/mol. The van der Waals surface area contributed by atoms with Crippen LogP contribution < -0.4 is 10.1 Å². The lowest BCUT2D eigenvalue weighted by atomic mass is 10.1. The van der Waals surface area contributed by atoms with Gasteiger partial charge in [-0.1, -0.05) is 0 Å². The number of halogens is 1. The van der Waals surface area contributed by atoms with Gasteiger partial charge in [0, 0.05) is 0 Å². The highest BCUT2D eigenvalue weighted by Gasteiger charge is 2.26. The van der Waals surface area contributed by atoms with Crippen molar-refractivity contribution in [1.82, 2.24) is 0 Å². The van der Waals surface area contributed by atoms with Crippen LogP contribution in [0.3, 0.4) is 0 Å². The second-order valence-corrected chi connectivity index (χ2v) is 6.53. The van der Waals surface area contributed by atoms with E-state index in [1.807, 2.05) is 0 Å². The summed E-state index contributed by atoms with van der Waals surface area (Å²) < 4.78 is 23.1. The van der Waals surface area contributed by atoms with Gasteiger partial charge >= 0.3 is 5.97 Å². The first-order chi connectivity index (χ1) is 12.2. The Morgan fingerprint density at radius 3 is 2.35 bits per heavy atom. The van der Waals surface area contributed by atoms with Gasteiger partial charge in [-0.2, -0.15) is 0 Å². The minimum atomic E-state index is -0.908. The second-order valence-electron chi connectivity index (χ2n) is 5.51. The van der Waals surface area contributed by atoms with Crippen LogP contribution >= 0.6 is 11.3 Å². The van der Waals surface area contributed by atoms with E-state index in [0.29, 0.717) is 16.2 Å². The van der Waals surface area contributed by atoms with Gasteiger partial charge in [0.25, 0.3) is 5.91 Å². The van der Waals surface area contributed by atoms with Crippen LogP contribution in [0.15, 0.2) is 24.3 Å². The lowest BCUT2D eigenvalue weighted by Gasteiger charge is -2.14. The van der Waals surface area contributed by atoms with Crippen LogP contribution in [0.5, 0.6) is 5.75 Å². The maximum atomic E-state index is 12.9. The van der Waals surface area contributed by atoms with Crippen LogP contribution in [-0.2, 0) is 9.53 Å². The van der Waals surface area contributed by atoms with Crippen molar-refractivity contribution in [3.63, 3.8) is 0 Å². The SMILES string of the molecule is COC(=O)c1c(NC(=O)[C@H](C)Oc2ccc(F)cc2)sc(C(C)=O)c1C. The average Bonchev–Trinajstić information content (AvgIpc) is 2.92. The summed E-state index contributed by atoms with van der Waals surface area (Å²) in [7, 11) is 1.22. The van der Waals surface area contributed by atoms with Crippen LogP contribution in [-0.4, -0.2) is 30.9 Å². The van der Waals surface area contributed by atoms with Gasteiger partial charge < -0.3 is 14.8 Å². The molecule has 1 atom stereocenters. The molecule has 6 nitrogen and oxygen atoms in total. The van der Waals surface area contributed by atoms with Crippen LogP contribution in [0.25, 0.3) is 0 Å². The number of carbonyl (C=O) groups excluding carboxylic acids is 3. The number of hydrogen-bond donors (Lipinski definition) is 1. The quantitative estimate of drug-likeness (QED) is 0.613. The van der Waals surface area contributed by atoms with E-state index in [-0.39, 0.29) is 16.3 Å². The molecular weight excluding hydrogens is 361 g/mol. The van der Waals surface area contributed by atoms with Crippen LogP contribution in [0.1, 0.15) is 39.4 Å². The number of benzene rings is 1. The van der Waals surface area contributed by atoms with Gasteiger partial charge in [0.05, 0.1) is 17.6 Å². The molecule has 0 spiro atoms. The van der Waals surface area contributed by atoms with Crippen molar-refractivity contribution in [2.45, 2.75) is 26.9 Å². The smallest absolute Gasteiger partial charge is 0.341 e. The molecular formula is C18H18FNO5S. The van der Waals surface area contributed by atoms with Gasteiger partial charge in [-0.05, 0) is 50.6 Å². The predicted octanol–water partition coefficient (Wildman–Crippen LogP) is 3.59. The molecule has 0 bridgehead atoms. The molecule has 0 saturated heterocycles. The van der Waals surface area contributed by atoms with Crippen molar-refractivity contribution in [1.29, 1.82) is 0 Å². The number of nitrogens with one attached hydrogen (secondary N) is 1. The van der Waals surface area contributed by atoms with Crippen molar-refractivity contribution in [2.75, 3.05) is 12.4 Å². The number of thiophene rings is 1. The summed E-state index contributed by atoms with van der Waals surface area (Å²) in [5.41, 5.74) is 0.599. The first kappa shape index (κ1) is 19.6. The summed E-state index contributed by atoms with van der Waals surface area (Å²) in [4.78, 5) is 36.5. The number of esters is 1. The number of anilines is 1. The van der Waals surface area contributed by atoms with Crippen molar-refractivity contribution in [3.05, 3.63) is 46.1 Å². The molecule has 1 amide bonds. The van der Waals surface area contributed by atoms with E-state index in [1.165, 1.54) is 45.2 Å². The zero-order valence-electron chi connectivity index (χ0n) is 14.7. The molecule has 1 aromatic heterocycles. The number of methoxy groups -OCH3 is 1. The van der Waals surface area contributed by atoms with Crippen molar-refractivity contribution < 1.29 is 28.2 Å². The minimum Gasteiger partial charge on any atom is -0.481 e. The van der Waals surface area contributed by atoms with Gasteiger partial charge in [-0.3, -0.25) is 9.59 Å². The fraction of sp³-hybridized carbons (Fsp3) is 0.278. The zero-order chi connectivity index (χ0) is 19.4. The standard InChI is InChI=1S/C18H18FNO5S/c1-9-14(18(23)24-4)17(26-15(9)10(2)21)20-16(22)11(3)25-13-7-5-12(19)6-8-13/h5-8,11H,1-4H3,(H,20,22)/t11-/m0/s1. The Balaban J connectivity index is 2.22. The van der Waals surface area contributed by atoms with E-state index in [1.54, 1.807) is 6.92 Å². The van der Waals surface area contributed by atoms with E-state index in [4.69, 9.17) is 9.47 Å². The van der Waals surface area contributed by atoms with Crippen molar-refractivity contribution in [3.8, 4) is 5.75 Å². The fourth-order valence-electron chi connectivity index (χ4n) is 2.27. The third-order valence-electron chi connectivity index (χ3n) is 3.59. The van der Waals surface area contributed by atoms with Crippen LogP contribution in [0.4, 0.5) is 9.39 Å². The highest BCUT2D eigenvalue weighted by Crippen LogP contribution is 2.34. The molecule has 138 valence electrons. The molecule has 0 aliphatic carbocycles. The Kier molecular flexibility index (Phi) is 6.10. The molecule has 2 rings (SSSR count). The van der Waals surface area contributed by atoms with E-state index in [2.05, 4.69) is 5.32 Å². The molecule has 0 aliphatic rings. The first-order valence-corrected chi connectivity index (χ1v) is 8.52. The van der Waals surface area contributed by atoms with E-state index < -0.39 is 23.8 Å². The third-order valence-corrected chi connectivity index (χ3v) is 4.90. The largest absolute Gasteiger partial charge is 0.481 e. The molecule has 0 aliphatic heterocycles. The minimum absolute atomic E-state index is 0.144. The molecule has 0 fully saturated rings. The number of ketones is 1. The summed E-state index contributed by atoms with van der Waals surface area (Å²) >= 11 is 1.00. The second kappa shape index (κ2) is 8.09. The molecule has 0 unspecified atom stereocenters. The molecule has 26 heavy (non-hydrogen) atoms. The summed E-state index contributed by atoms with van der Waals surface area (Å²) in [5, 5.41) is 2.82. The summed E-state index contributed by atoms with van der Waals surface area (Å²) in [6.45, 7) is 4.52. The normalized spacial score (nSPS) is 11.6. The number of ether oxygens (including phenoxy) is 2. The zero-order valence-corrected chi connectivity index (χ0v) is 15.5. The molecule has 8 heteroatoms. The number of rotatable bonds is 6. The predicted molar refractivity (Wildman–Crippen MR) is 95.5 cm³/mol. The number of amides is 1. The molecule has 0 radical (unpaired) electrons. The maximum Gasteiger partial charge on any atom is 0.341 e. The van der Waals surface area contributed by atoms with E-state index in [9.17, 15) is 18.8 Å². The fourth-order valence-corrected chi connectivity index (χ4v) is 3.36. The maximum absolute atomic E-state index is 12.9. The van der Waals surface area contributed by atoms with Gasteiger partial charge in [-0.25, -0.2) is 9.18 Å². The van der Waals surface area contributed by atoms with Gasteiger partial charge in [0.1, 0.15) is 16.6 Å². The Morgan fingerprint density at radius 2 is 1.81 bits per heavy atom. The lowest BCUT2D eigenvalue weighted by Crippen LogP contribution is -2.30. The highest BCUT2D eigenvalue weighted by atomic mass is 32.1. The summed E-state index contributed by atoms with van der Waals surface area (Å²) in [5.74, 6) is -1.46. The third kappa shape index (κ3) is 4.26. The summed E-state index contributed by atoms with van der Waals surface area (Å²) in [6.07, 6.45) is -0.908. The average molecular weight is 379 g/mol. The first-order valence-electron chi connectivity index (χ1n) is 7.70. The number of carbonyl (C=O) groups is 3. The van der Waals surface area contributed by atoms with E-state index in [0.717, 1.165) is 11.3 Å². The van der Waals surface area contributed by atoms with Gasteiger partial charge in [0.15, 0.2) is 11.9 Å². The molecule has 0 saturated carbocycles. The van der Waals surface area contributed by atoms with Gasteiger partial charge in [-0.15, -0.1) is 11.3 Å². The van der Waals surface area contributed by atoms with Crippen LogP contribution in [0.2, 0.25) is 0 Å². The Bertz CT molecular complexity index is 844. The van der Waals surface area contributed by atoms with Crippen LogP contribution in [0, 0.1) is 12.7 Å². The molecule has 1 heterocycles. The molecule has 2 aromatic rings. The van der Waals surface area contributed by atoms with E-state index >= 15 is 0 Å². The lowest BCUT2D eigenvalue weighted by molar-refractivity contribution is -0.122. The Morgan fingerprint density at radius 1 is 1.19 bits per heavy atom. The van der Waals surface area contributed by atoms with Gasteiger partial charge in [0.2, 0.25) is 0 Å². The Hall–Kier alpha value is -2.74. The number of Topliss-reactive ketones (excluding diaryl/α,β-unsaturated/α-hetero) is 1. The molecule has 1 aromatic carbocycles. The highest BCUT2D eigenvalue weighted by molar-refractivity contribution is 7.18. The summed E-state index contributed by atoms with van der Waals surface area (Å²) in [6, 6.07) is 5.25. The Labute approximate surface area is 153 Å².